The molecule has 0 aliphatic rings. The Hall–Kier alpha value is -3.77. The molecule has 0 radical (unpaired) electrons. The highest BCUT2D eigenvalue weighted by molar-refractivity contribution is 7.22. The number of para-hydroxylation sites is 1. The second-order valence-corrected chi connectivity index (χ2v) is 9.45. The third-order valence-electron chi connectivity index (χ3n) is 5.77. The fourth-order valence-corrected chi connectivity index (χ4v) is 5.23. The van der Waals surface area contributed by atoms with E-state index in [4.69, 9.17) is 11.6 Å². The van der Waals surface area contributed by atoms with Gasteiger partial charge in [-0.3, -0.25) is 23.6 Å². The molecule has 0 aliphatic heterocycles. The average Bonchev–Trinajstić information content (AvgIpc) is 3.59. The highest BCUT2D eigenvalue weighted by Gasteiger charge is 2.23. The van der Waals surface area contributed by atoms with Crippen molar-refractivity contribution in [3.8, 4) is 0 Å². The number of benzene rings is 1. The lowest BCUT2D eigenvalue weighted by Gasteiger charge is -2.20. The van der Waals surface area contributed by atoms with Gasteiger partial charge in [-0.1, -0.05) is 29.0 Å². The number of carbonyl (C=O) groups is 1. The molecule has 5 aromatic rings. The first-order valence-electron chi connectivity index (χ1n) is 10.8. The normalized spacial score (nSPS) is 11.5. The summed E-state index contributed by atoms with van der Waals surface area (Å²) < 4.78 is 6.57. The Morgan fingerprint density at radius 3 is 2.74 bits per heavy atom. The Balaban J connectivity index is 1.49. The summed E-state index contributed by atoms with van der Waals surface area (Å²) in [6.45, 7) is 0.933. The number of imidazole rings is 2. The molecule has 0 spiro atoms. The molecule has 0 fully saturated rings. The molecule has 5 rings (SSSR count). The number of rotatable bonds is 7. The molecule has 11 nitrogen and oxygen atoms in total. The maximum absolute atomic E-state index is 13.6. The number of hydrogen-bond acceptors (Lipinski definition) is 7. The number of halogens is 1. The summed E-state index contributed by atoms with van der Waals surface area (Å²) in [4.78, 5) is 53.1. The van der Waals surface area contributed by atoms with Crippen molar-refractivity contribution >= 4 is 55.4 Å². The van der Waals surface area contributed by atoms with Crippen LogP contribution in [-0.2, 0) is 32.0 Å². The van der Waals surface area contributed by atoms with E-state index >= 15 is 0 Å². The van der Waals surface area contributed by atoms with Gasteiger partial charge in [0.05, 0.1) is 22.4 Å². The van der Waals surface area contributed by atoms with Gasteiger partial charge in [0.2, 0.25) is 5.91 Å². The van der Waals surface area contributed by atoms with E-state index in [9.17, 15) is 14.4 Å². The predicted octanol–water partition coefficient (Wildman–Crippen LogP) is 2.02. The molecule has 0 atom stereocenters. The van der Waals surface area contributed by atoms with Crippen molar-refractivity contribution in [2.45, 2.75) is 19.5 Å². The fraction of sp³-hybridized carbons (Fsp3) is 0.273. The summed E-state index contributed by atoms with van der Waals surface area (Å²) in [7, 11) is 2.94. The lowest BCUT2D eigenvalue weighted by atomic mass is 10.3. The predicted molar refractivity (Wildman–Crippen MR) is 134 cm³/mol. The summed E-state index contributed by atoms with van der Waals surface area (Å²) in [5, 5.41) is 1.04. The van der Waals surface area contributed by atoms with Crippen LogP contribution in [-0.4, -0.2) is 45.7 Å². The van der Waals surface area contributed by atoms with Gasteiger partial charge in [0, 0.05) is 39.6 Å². The van der Waals surface area contributed by atoms with Crippen LogP contribution in [0.15, 0.2) is 52.8 Å². The van der Waals surface area contributed by atoms with E-state index in [1.165, 1.54) is 40.9 Å². The van der Waals surface area contributed by atoms with Crippen molar-refractivity contribution in [2.24, 2.45) is 14.1 Å². The number of thiazole rings is 1. The Bertz CT molecular complexity index is 1660. The van der Waals surface area contributed by atoms with Crippen LogP contribution >= 0.6 is 22.9 Å². The second kappa shape index (κ2) is 9.12. The molecule has 1 aromatic carbocycles. The smallest absolute Gasteiger partial charge is 0.332 e. The summed E-state index contributed by atoms with van der Waals surface area (Å²) in [6, 6.07) is 5.51. The van der Waals surface area contributed by atoms with Crippen molar-refractivity contribution in [1.29, 1.82) is 0 Å². The molecule has 1 amide bonds. The van der Waals surface area contributed by atoms with Gasteiger partial charge in [0.15, 0.2) is 16.3 Å². The monoisotopic (exact) mass is 512 g/mol. The number of fused-ring (bicyclic) bond motifs is 2. The first-order chi connectivity index (χ1) is 16.8. The molecular weight excluding hydrogens is 492 g/mol. The van der Waals surface area contributed by atoms with E-state index < -0.39 is 11.2 Å². The molecule has 35 heavy (non-hydrogen) atoms. The minimum atomic E-state index is -0.508. The summed E-state index contributed by atoms with van der Waals surface area (Å²) >= 11 is 7.70. The van der Waals surface area contributed by atoms with Crippen LogP contribution < -0.4 is 16.1 Å². The van der Waals surface area contributed by atoms with Gasteiger partial charge in [0.25, 0.3) is 5.56 Å². The number of nitrogens with zero attached hydrogens (tertiary/aromatic N) is 8. The van der Waals surface area contributed by atoms with Gasteiger partial charge >= 0.3 is 5.69 Å². The Kier molecular flexibility index (Phi) is 5.99. The zero-order valence-electron chi connectivity index (χ0n) is 19.0. The minimum absolute atomic E-state index is 0.140. The molecule has 0 bridgehead atoms. The van der Waals surface area contributed by atoms with Gasteiger partial charge in [-0.05, 0) is 18.6 Å². The lowest BCUT2D eigenvalue weighted by molar-refractivity contribution is -0.119. The van der Waals surface area contributed by atoms with Crippen LogP contribution in [0.25, 0.3) is 21.4 Å². The first-order valence-corrected chi connectivity index (χ1v) is 12.0. The third-order valence-corrected chi connectivity index (χ3v) is 7.12. The molecule has 0 aliphatic carbocycles. The third kappa shape index (κ3) is 4.15. The molecule has 0 saturated heterocycles. The highest BCUT2D eigenvalue weighted by Crippen LogP contribution is 2.33. The van der Waals surface area contributed by atoms with E-state index in [2.05, 4.69) is 15.0 Å². The minimum Gasteiger partial charge on any atom is -0.337 e. The topological polar surface area (TPSA) is 113 Å². The average molecular weight is 513 g/mol. The zero-order chi connectivity index (χ0) is 24.7. The molecule has 0 saturated carbocycles. The molecular formula is C22H21ClN8O3S. The van der Waals surface area contributed by atoms with E-state index in [0.717, 1.165) is 9.27 Å². The van der Waals surface area contributed by atoms with Crippen LogP contribution in [0.5, 0.6) is 0 Å². The number of anilines is 1. The van der Waals surface area contributed by atoms with Gasteiger partial charge in [-0.25, -0.2) is 19.7 Å². The number of aromatic nitrogens is 7. The van der Waals surface area contributed by atoms with E-state index in [1.807, 2.05) is 22.9 Å². The van der Waals surface area contributed by atoms with E-state index in [-0.39, 0.29) is 23.6 Å². The fourth-order valence-electron chi connectivity index (χ4n) is 3.92. The molecule has 4 aromatic heterocycles. The maximum Gasteiger partial charge on any atom is 0.332 e. The van der Waals surface area contributed by atoms with Crippen molar-refractivity contribution in [1.82, 2.24) is 33.2 Å². The van der Waals surface area contributed by atoms with Crippen molar-refractivity contribution in [2.75, 3.05) is 11.4 Å². The van der Waals surface area contributed by atoms with Crippen LogP contribution in [0, 0.1) is 0 Å². The Morgan fingerprint density at radius 1 is 1.17 bits per heavy atom. The summed E-state index contributed by atoms with van der Waals surface area (Å²) in [5.74, 6) is -0.263. The van der Waals surface area contributed by atoms with Crippen molar-refractivity contribution < 1.29 is 4.79 Å². The number of amides is 1. The van der Waals surface area contributed by atoms with Crippen LogP contribution in [0.1, 0.15) is 6.42 Å². The van der Waals surface area contributed by atoms with Gasteiger partial charge in [0.1, 0.15) is 12.1 Å². The van der Waals surface area contributed by atoms with Gasteiger partial charge in [-0.2, -0.15) is 0 Å². The van der Waals surface area contributed by atoms with Gasteiger partial charge < -0.3 is 9.13 Å². The molecule has 13 heteroatoms. The van der Waals surface area contributed by atoms with Crippen molar-refractivity contribution in [3.05, 3.63) is 69.1 Å². The molecule has 4 heterocycles. The number of aryl methyl sites for hydroxylation is 2. The Morgan fingerprint density at radius 2 is 2.00 bits per heavy atom. The SMILES string of the molecule is Cn1c(=O)c2c(ncn2CC(=O)N(CCCn2ccnc2)c2nc3c(Cl)cccc3s2)n(C)c1=O. The zero-order valence-corrected chi connectivity index (χ0v) is 20.5. The largest absolute Gasteiger partial charge is 0.337 e. The van der Waals surface area contributed by atoms with Crippen LogP contribution in [0.4, 0.5) is 5.13 Å². The highest BCUT2D eigenvalue weighted by atomic mass is 35.5. The van der Waals surface area contributed by atoms with E-state index in [1.54, 1.807) is 23.5 Å². The van der Waals surface area contributed by atoms with Gasteiger partial charge in [-0.15, -0.1) is 0 Å². The first kappa shape index (κ1) is 23.0. The summed E-state index contributed by atoms with van der Waals surface area (Å²) in [6.07, 6.45) is 7.36. The van der Waals surface area contributed by atoms with Crippen molar-refractivity contribution in [3.63, 3.8) is 0 Å². The molecule has 0 unspecified atom stereocenters. The van der Waals surface area contributed by atoms with Crippen LogP contribution in [0.3, 0.4) is 0 Å². The molecule has 0 N–H and O–H groups in total. The summed E-state index contributed by atoms with van der Waals surface area (Å²) in [5.41, 5.74) is 0.0647. The van der Waals surface area contributed by atoms with E-state index in [0.29, 0.717) is 35.2 Å². The quantitative estimate of drug-likeness (QED) is 0.330. The van der Waals surface area contributed by atoms with Crippen LogP contribution in [0.2, 0.25) is 5.02 Å². The maximum atomic E-state index is 13.6. The number of carbonyl (C=O) groups excluding carboxylic acids is 1. The lowest BCUT2D eigenvalue weighted by Crippen LogP contribution is -2.39. The molecule has 180 valence electrons. The standard InChI is InChI=1S/C22H21ClN8O3S/c1-27-19-18(20(33)28(2)22(27)34)30(13-25-19)11-16(32)31(9-4-8-29-10-7-24-12-29)21-26-17-14(23)5-3-6-15(17)35-21/h3,5-7,10,12-13H,4,8-9,11H2,1-2H3. The second-order valence-electron chi connectivity index (χ2n) is 8.03. The number of hydrogen-bond donors (Lipinski definition) is 0. The Labute approximate surface area is 207 Å².